The van der Waals surface area contributed by atoms with Crippen LogP contribution in [0.1, 0.15) is 5.56 Å². The van der Waals surface area contributed by atoms with Crippen molar-refractivity contribution in [1.29, 1.82) is 0 Å². The van der Waals surface area contributed by atoms with Crippen LogP contribution in [0, 0.1) is 5.82 Å². The molecule has 5 heteroatoms. The van der Waals surface area contributed by atoms with Gasteiger partial charge in [0.05, 0.1) is 5.71 Å². The van der Waals surface area contributed by atoms with Gasteiger partial charge >= 0.3 is 0 Å². The number of nitrogens with zero attached hydrogens (tertiary/aromatic N) is 2. The summed E-state index contributed by atoms with van der Waals surface area (Å²) in [5.41, 5.74) is 3.85. The fraction of sp³-hybridized carbons (Fsp3) is 0.125. The monoisotopic (exact) mass is 299 g/mol. The van der Waals surface area contributed by atoms with Crippen LogP contribution >= 0.6 is 11.8 Å². The first-order valence-electron chi connectivity index (χ1n) is 6.58. The summed E-state index contributed by atoms with van der Waals surface area (Å²) in [5, 5.41) is 12.1. The third-order valence-corrected chi connectivity index (χ3v) is 4.17. The minimum Gasteiger partial charge on any atom is -0.366 e. The Kier molecular flexibility index (Phi) is 4.01. The van der Waals surface area contributed by atoms with Gasteiger partial charge in [0.1, 0.15) is 5.82 Å². The molecule has 0 atom stereocenters. The summed E-state index contributed by atoms with van der Waals surface area (Å²) in [7, 11) is 1.83. The van der Waals surface area contributed by atoms with Gasteiger partial charge in [0, 0.05) is 12.8 Å². The fourth-order valence-corrected chi connectivity index (χ4v) is 2.83. The first-order chi connectivity index (χ1) is 10.3. The van der Waals surface area contributed by atoms with Crippen molar-refractivity contribution < 1.29 is 4.39 Å². The molecule has 3 rings (SSSR count). The second-order valence-corrected chi connectivity index (χ2v) is 5.54. The lowest BCUT2D eigenvalue weighted by Crippen LogP contribution is -2.20. The van der Waals surface area contributed by atoms with E-state index in [-0.39, 0.29) is 5.82 Å². The molecular formula is C16H14FN3S. The van der Waals surface area contributed by atoms with Gasteiger partial charge in [0.15, 0.2) is 5.17 Å². The Morgan fingerprint density at radius 2 is 1.76 bits per heavy atom. The second kappa shape index (κ2) is 6.10. The molecule has 0 unspecified atom stereocenters. The van der Waals surface area contributed by atoms with Crippen LogP contribution in [0.5, 0.6) is 0 Å². The Balaban J connectivity index is 1.85. The molecule has 0 radical (unpaired) electrons. The van der Waals surface area contributed by atoms with Crippen molar-refractivity contribution >= 4 is 22.6 Å². The van der Waals surface area contributed by atoms with Gasteiger partial charge in [-0.15, -0.1) is 5.10 Å². The van der Waals surface area contributed by atoms with E-state index in [1.807, 2.05) is 37.4 Å². The van der Waals surface area contributed by atoms with Gasteiger partial charge in [0.2, 0.25) is 0 Å². The van der Waals surface area contributed by atoms with Crippen molar-refractivity contribution in [3.63, 3.8) is 0 Å². The highest BCUT2D eigenvalue weighted by atomic mass is 32.2. The number of rotatable bonds is 2. The predicted octanol–water partition coefficient (Wildman–Crippen LogP) is 3.52. The van der Waals surface area contributed by atoms with E-state index >= 15 is 0 Å². The Morgan fingerprint density at radius 1 is 1.00 bits per heavy atom. The molecular weight excluding hydrogens is 285 g/mol. The predicted molar refractivity (Wildman–Crippen MR) is 87.3 cm³/mol. The molecule has 2 aromatic carbocycles. The highest BCUT2D eigenvalue weighted by Crippen LogP contribution is 2.22. The third-order valence-electron chi connectivity index (χ3n) is 3.20. The zero-order valence-corrected chi connectivity index (χ0v) is 12.3. The van der Waals surface area contributed by atoms with E-state index in [1.54, 1.807) is 17.8 Å². The molecule has 2 aromatic rings. The largest absolute Gasteiger partial charge is 0.366 e. The maximum Gasteiger partial charge on any atom is 0.183 e. The van der Waals surface area contributed by atoms with Crippen LogP contribution in [0.3, 0.4) is 0 Å². The number of halogens is 1. The zero-order chi connectivity index (χ0) is 14.7. The molecule has 21 heavy (non-hydrogen) atoms. The highest BCUT2D eigenvalue weighted by Gasteiger charge is 2.11. The number of hydrogen-bond donors (Lipinski definition) is 1. The van der Waals surface area contributed by atoms with Gasteiger partial charge in [-0.3, -0.25) is 0 Å². The SMILES string of the molecule is CNC1=NN=C(c2ccc(-c3cccc(F)c3)cc2)CS1. The molecule has 0 aliphatic carbocycles. The van der Waals surface area contributed by atoms with Crippen LogP contribution in [0.15, 0.2) is 58.7 Å². The van der Waals surface area contributed by atoms with Crippen LogP contribution in [-0.2, 0) is 0 Å². The van der Waals surface area contributed by atoms with Crippen LogP contribution in [0.25, 0.3) is 11.1 Å². The van der Waals surface area contributed by atoms with Crippen LogP contribution in [0.4, 0.5) is 4.39 Å². The summed E-state index contributed by atoms with van der Waals surface area (Å²) in [6, 6.07) is 14.6. The van der Waals surface area contributed by atoms with E-state index in [9.17, 15) is 4.39 Å². The molecule has 0 fully saturated rings. The van der Waals surface area contributed by atoms with Crippen LogP contribution in [-0.4, -0.2) is 23.7 Å². The van der Waals surface area contributed by atoms with Crippen LogP contribution in [0.2, 0.25) is 0 Å². The molecule has 1 aliphatic rings. The van der Waals surface area contributed by atoms with Gasteiger partial charge in [0.25, 0.3) is 0 Å². The van der Waals surface area contributed by atoms with Gasteiger partial charge in [-0.1, -0.05) is 48.2 Å². The molecule has 0 saturated heterocycles. The van der Waals surface area contributed by atoms with Gasteiger partial charge in [-0.25, -0.2) is 4.39 Å². The lowest BCUT2D eigenvalue weighted by Gasteiger charge is -2.11. The summed E-state index contributed by atoms with van der Waals surface area (Å²) >= 11 is 1.63. The molecule has 0 amide bonds. The maximum absolute atomic E-state index is 13.3. The van der Waals surface area contributed by atoms with Crippen molar-refractivity contribution in [2.75, 3.05) is 12.8 Å². The molecule has 3 nitrogen and oxygen atoms in total. The Bertz CT molecular complexity index is 708. The topological polar surface area (TPSA) is 36.8 Å². The number of nitrogens with one attached hydrogen (secondary N) is 1. The summed E-state index contributed by atoms with van der Waals surface area (Å²) in [6.07, 6.45) is 0. The van der Waals surface area contributed by atoms with E-state index in [1.165, 1.54) is 12.1 Å². The second-order valence-electron chi connectivity index (χ2n) is 4.58. The molecule has 1 heterocycles. The average molecular weight is 299 g/mol. The molecule has 0 spiro atoms. The summed E-state index contributed by atoms with van der Waals surface area (Å²) in [6.45, 7) is 0. The molecule has 106 valence electrons. The quantitative estimate of drug-likeness (QED) is 0.921. The molecule has 0 aromatic heterocycles. The maximum atomic E-state index is 13.3. The minimum atomic E-state index is -0.224. The van der Waals surface area contributed by atoms with Gasteiger partial charge in [-0.05, 0) is 28.8 Å². The lowest BCUT2D eigenvalue weighted by atomic mass is 10.0. The Labute approximate surface area is 127 Å². The Hall–Kier alpha value is -2.14. The van der Waals surface area contributed by atoms with Crippen molar-refractivity contribution in [3.8, 4) is 11.1 Å². The number of benzene rings is 2. The summed E-state index contributed by atoms with van der Waals surface area (Å²) in [5.74, 6) is 0.567. The van der Waals surface area contributed by atoms with Crippen molar-refractivity contribution in [3.05, 3.63) is 59.9 Å². The summed E-state index contributed by atoms with van der Waals surface area (Å²) < 4.78 is 13.3. The average Bonchev–Trinajstić information content (AvgIpc) is 2.55. The van der Waals surface area contributed by atoms with Crippen LogP contribution < -0.4 is 5.32 Å². The van der Waals surface area contributed by atoms with E-state index in [2.05, 4.69) is 15.5 Å². The fourth-order valence-electron chi connectivity index (χ4n) is 2.09. The molecule has 0 saturated carbocycles. The highest BCUT2D eigenvalue weighted by molar-refractivity contribution is 8.14. The smallest absolute Gasteiger partial charge is 0.183 e. The first-order valence-corrected chi connectivity index (χ1v) is 7.56. The number of thioether (sulfide) groups is 1. The lowest BCUT2D eigenvalue weighted by molar-refractivity contribution is 0.628. The molecule has 1 aliphatic heterocycles. The van der Waals surface area contributed by atoms with E-state index in [0.717, 1.165) is 33.3 Å². The number of hydrogen-bond acceptors (Lipinski definition) is 4. The van der Waals surface area contributed by atoms with Crippen molar-refractivity contribution in [1.82, 2.24) is 5.32 Å². The van der Waals surface area contributed by atoms with Gasteiger partial charge < -0.3 is 5.32 Å². The third kappa shape index (κ3) is 3.13. The van der Waals surface area contributed by atoms with E-state index in [0.29, 0.717) is 0 Å². The van der Waals surface area contributed by atoms with Gasteiger partial charge in [-0.2, -0.15) is 5.10 Å². The minimum absolute atomic E-state index is 0.224. The normalized spacial score (nSPS) is 14.4. The van der Waals surface area contributed by atoms with Crippen molar-refractivity contribution in [2.45, 2.75) is 0 Å². The Morgan fingerprint density at radius 3 is 2.38 bits per heavy atom. The summed E-state index contributed by atoms with van der Waals surface area (Å²) in [4.78, 5) is 0. The zero-order valence-electron chi connectivity index (χ0n) is 11.5. The number of amidine groups is 1. The van der Waals surface area contributed by atoms with Crippen molar-refractivity contribution in [2.24, 2.45) is 10.2 Å². The molecule has 0 bridgehead atoms. The standard InChI is InChI=1S/C16H14FN3S/c1-18-16-20-19-15(10-21-16)12-7-5-11(6-8-12)13-3-2-4-14(17)9-13/h2-9H,10H2,1H3,(H,18,20). The van der Waals surface area contributed by atoms with E-state index in [4.69, 9.17) is 0 Å². The molecule has 1 N–H and O–H groups in total. The first kappa shape index (κ1) is 13.8. The van der Waals surface area contributed by atoms with E-state index < -0.39 is 0 Å².